The summed E-state index contributed by atoms with van der Waals surface area (Å²) in [5.74, 6) is -0.00859. The highest BCUT2D eigenvalue weighted by molar-refractivity contribution is 7.98. The van der Waals surface area contributed by atoms with Gasteiger partial charge in [-0.3, -0.25) is 9.59 Å². The van der Waals surface area contributed by atoms with Crippen LogP contribution in [0.1, 0.15) is 27.7 Å². The predicted octanol–water partition coefficient (Wildman–Crippen LogP) is 2.62. The van der Waals surface area contributed by atoms with Gasteiger partial charge in [-0.15, -0.1) is 0 Å². The Morgan fingerprint density at radius 3 is 2.73 bits per heavy atom. The van der Waals surface area contributed by atoms with Gasteiger partial charge >= 0.3 is 0 Å². The van der Waals surface area contributed by atoms with Gasteiger partial charge in [-0.2, -0.15) is 0 Å². The van der Waals surface area contributed by atoms with E-state index in [9.17, 15) is 9.59 Å². The molecule has 8 nitrogen and oxygen atoms in total. The van der Waals surface area contributed by atoms with Crippen LogP contribution in [0.4, 0.5) is 5.69 Å². The third-order valence-electron chi connectivity index (χ3n) is 4.57. The van der Waals surface area contributed by atoms with Crippen LogP contribution >= 0.6 is 11.9 Å². The Labute approximate surface area is 177 Å². The molecular weight excluding hydrogens is 402 g/mol. The van der Waals surface area contributed by atoms with Crippen molar-refractivity contribution in [3.63, 3.8) is 0 Å². The second-order valence-corrected chi connectivity index (χ2v) is 7.32. The zero-order valence-corrected chi connectivity index (χ0v) is 16.9. The average Bonchev–Trinajstić information content (AvgIpc) is 3.33. The number of nitrogens with one attached hydrogen (secondary N) is 3. The van der Waals surface area contributed by atoms with Gasteiger partial charge in [0.2, 0.25) is 11.7 Å². The molecule has 3 aromatic rings. The van der Waals surface area contributed by atoms with E-state index in [0.717, 1.165) is 10.5 Å². The number of oxazole rings is 1. The molecular formula is C21H19N5O3S. The molecule has 9 heteroatoms. The monoisotopic (exact) mass is 421 g/mol. The smallest absolute Gasteiger partial charge is 0.287 e. The van der Waals surface area contributed by atoms with Crippen LogP contribution in [-0.4, -0.2) is 36.2 Å². The lowest BCUT2D eigenvalue weighted by molar-refractivity contribution is -0.115. The number of amidine groups is 1. The van der Waals surface area contributed by atoms with Gasteiger partial charge in [0.25, 0.3) is 11.8 Å². The van der Waals surface area contributed by atoms with E-state index in [4.69, 9.17) is 4.42 Å². The number of aromatic nitrogens is 1. The summed E-state index contributed by atoms with van der Waals surface area (Å²) in [5.41, 5.74) is 2.15. The van der Waals surface area contributed by atoms with Gasteiger partial charge in [0, 0.05) is 19.2 Å². The number of fused-ring (bicyclic) bond motifs is 1. The maximum Gasteiger partial charge on any atom is 0.287 e. The maximum atomic E-state index is 12.7. The van der Waals surface area contributed by atoms with Crippen LogP contribution in [0.15, 0.2) is 75.3 Å². The van der Waals surface area contributed by atoms with E-state index in [0.29, 0.717) is 23.7 Å². The number of nitrogens with zero attached hydrogens (tertiary/aromatic N) is 2. The lowest BCUT2D eigenvalue weighted by Gasteiger charge is -2.19. The topological polar surface area (TPSA) is 109 Å². The molecule has 0 saturated carbocycles. The Morgan fingerprint density at radius 1 is 1.17 bits per heavy atom. The lowest BCUT2D eigenvalue weighted by atomic mass is 9.99. The van der Waals surface area contributed by atoms with Crippen molar-refractivity contribution in [3.8, 4) is 0 Å². The van der Waals surface area contributed by atoms with Crippen molar-refractivity contribution in [2.24, 2.45) is 4.99 Å². The number of benzene rings is 2. The summed E-state index contributed by atoms with van der Waals surface area (Å²) in [7, 11) is 1.58. The second kappa shape index (κ2) is 8.83. The lowest BCUT2D eigenvalue weighted by Crippen LogP contribution is -2.40. The Balaban J connectivity index is 1.48. The van der Waals surface area contributed by atoms with E-state index in [1.54, 1.807) is 31.4 Å². The molecule has 4 rings (SSSR count). The zero-order valence-electron chi connectivity index (χ0n) is 16.1. The van der Waals surface area contributed by atoms with Crippen LogP contribution in [0.3, 0.4) is 0 Å². The Bertz CT molecular complexity index is 1080. The SMILES string of the molecule is CNC(=O)c1ccc2c(c1)SNC(C(=O)NCC(c1ccccc1)c1ncco1)=N2. The van der Waals surface area contributed by atoms with Crippen LogP contribution in [0, 0.1) is 0 Å². The van der Waals surface area contributed by atoms with Gasteiger partial charge in [0.15, 0.2) is 0 Å². The maximum absolute atomic E-state index is 12.7. The number of carbonyl (C=O) groups is 2. The Morgan fingerprint density at radius 2 is 2.00 bits per heavy atom. The third-order valence-corrected chi connectivity index (χ3v) is 5.41. The van der Waals surface area contributed by atoms with E-state index in [1.165, 1.54) is 18.2 Å². The van der Waals surface area contributed by atoms with Gasteiger partial charge < -0.3 is 19.8 Å². The summed E-state index contributed by atoms with van der Waals surface area (Å²) in [6.07, 6.45) is 3.10. The molecule has 152 valence electrons. The molecule has 1 aliphatic rings. The summed E-state index contributed by atoms with van der Waals surface area (Å²) < 4.78 is 8.41. The van der Waals surface area contributed by atoms with Crippen molar-refractivity contribution in [2.75, 3.05) is 13.6 Å². The minimum atomic E-state index is -0.337. The van der Waals surface area contributed by atoms with E-state index >= 15 is 0 Å². The molecule has 1 aromatic heterocycles. The van der Waals surface area contributed by atoms with Crippen molar-refractivity contribution in [1.82, 2.24) is 20.3 Å². The second-order valence-electron chi connectivity index (χ2n) is 6.47. The molecule has 1 unspecified atom stereocenters. The molecule has 2 amide bonds. The van der Waals surface area contributed by atoms with E-state index in [-0.39, 0.29) is 23.6 Å². The van der Waals surface area contributed by atoms with Gasteiger partial charge in [-0.1, -0.05) is 30.3 Å². The van der Waals surface area contributed by atoms with E-state index in [2.05, 4.69) is 25.3 Å². The number of carbonyl (C=O) groups excluding carboxylic acids is 2. The van der Waals surface area contributed by atoms with E-state index < -0.39 is 0 Å². The summed E-state index contributed by atoms with van der Waals surface area (Å²) in [5, 5.41) is 5.49. The number of amides is 2. The first-order valence-corrected chi connectivity index (χ1v) is 10.1. The number of hydrogen-bond acceptors (Lipinski definition) is 7. The highest BCUT2D eigenvalue weighted by Crippen LogP contribution is 2.32. The standard InChI is InChI=1S/C21H19N5O3S/c1-22-19(27)14-7-8-16-17(11-14)30-26-18(25-16)20(28)24-12-15(21-23-9-10-29-21)13-5-3-2-4-6-13/h2-11,15H,12H2,1H3,(H,22,27)(H,24,28)(H,25,26). The Kier molecular flexibility index (Phi) is 5.80. The van der Waals surface area contributed by atoms with Crippen LogP contribution < -0.4 is 15.4 Å². The minimum absolute atomic E-state index is 0.176. The molecule has 0 saturated heterocycles. The van der Waals surface area contributed by atoms with Crippen LogP contribution in [0.2, 0.25) is 0 Å². The molecule has 30 heavy (non-hydrogen) atoms. The molecule has 0 bridgehead atoms. The van der Waals surface area contributed by atoms with E-state index in [1.807, 2.05) is 30.3 Å². The zero-order chi connectivity index (χ0) is 20.9. The summed E-state index contributed by atoms with van der Waals surface area (Å²) in [6, 6.07) is 14.9. The molecule has 1 aliphatic heterocycles. The van der Waals surface area contributed by atoms with Crippen molar-refractivity contribution in [1.29, 1.82) is 0 Å². The van der Waals surface area contributed by atoms with Crippen molar-refractivity contribution in [3.05, 3.63) is 78.0 Å². The number of aliphatic imine (C=N–C) groups is 1. The normalized spacial score (nSPS) is 13.4. The fourth-order valence-electron chi connectivity index (χ4n) is 3.04. The molecule has 0 spiro atoms. The summed E-state index contributed by atoms with van der Waals surface area (Å²) in [4.78, 5) is 33.9. The fourth-order valence-corrected chi connectivity index (χ4v) is 3.78. The van der Waals surface area contributed by atoms with Crippen molar-refractivity contribution >= 4 is 35.3 Å². The summed E-state index contributed by atoms with van der Waals surface area (Å²) in [6.45, 7) is 0.303. The van der Waals surface area contributed by atoms with Crippen LogP contribution in [0.5, 0.6) is 0 Å². The predicted molar refractivity (Wildman–Crippen MR) is 114 cm³/mol. The first-order chi connectivity index (χ1) is 14.7. The first kappa shape index (κ1) is 19.7. The van der Waals surface area contributed by atoms with Gasteiger partial charge in [0.1, 0.15) is 6.26 Å². The largest absolute Gasteiger partial charge is 0.448 e. The average molecular weight is 421 g/mol. The highest BCUT2D eigenvalue weighted by atomic mass is 32.2. The Hall–Kier alpha value is -3.59. The van der Waals surface area contributed by atoms with Crippen molar-refractivity contribution in [2.45, 2.75) is 10.8 Å². The van der Waals surface area contributed by atoms with Crippen LogP contribution in [-0.2, 0) is 4.79 Å². The minimum Gasteiger partial charge on any atom is -0.448 e. The third kappa shape index (κ3) is 4.20. The highest BCUT2D eigenvalue weighted by Gasteiger charge is 2.23. The molecule has 2 aromatic carbocycles. The summed E-state index contributed by atoms with van der Waals surface area (Å²) >= 11 is 1.24. The molecule has 0 fully saturated rings. The van der Waals surface area contributed by atoms with Gasteiger partial charge in [0.05, 0.1) is 22.7 Å². The molecule has 1 atom stereocenters. The van der Waals surface area contributed by atoms with Crippen molar-refractivity contribution < 1.29 is 14.0 Å². The molecule has 3 N–H and O–H groups in total. The molecule has 2 heterocycles. The first-order valence-electron chi connectivity index (χ1n) is 9.26. The quantitative estimate of drug-likeness (QED) is 0.528. The van der Waals surface area contributed by atoms with Gasteiger partial charge in [-0.25, -0.2) is 9.98 Å². The number of rotatable bonds is 6. The molecule has 0 radical (unpaired) electrons. The molecule has 0 aliphatic carbocycles. The number of hydrogen-bond donors (Lipinski definition) is 3. The fraction of sp³-hybridized carbons (Fsp3) is 0.143. The van der Waals surface area contributed by atoms with Gasteiger partial charge in [-0.05, 0) is 35.7 Å². The van der Waals surface area contributed by atoms with Crippen LogP contribution in [0.25, 0.3) is 0 Å².